The normalized spacial score (nSPS) is 21.0. The Morgan fingerprint density at radius 2 is 1.84 bits per heavy atom. The van der Waals surface area contributed by atoms with Crippen LogP contribution < -0.4 is 5.32 Å². The summed E-state index contributed by atoms with van der Waals surface area (Å²) in [6.45, 7) is 1.32. The second kappa shape index (κ2) is 6.90. The predicted octanol–water partition coefficient (Wildman–Crippen LogP) is 4.07. The van der Waals surface area contributed by atoms with E-state index in [2.05, 4.69) is 9.88 Å². The molecule has 1 aromatic heterocycles. The van der Waals surface area contributed by atoms with Crippen LogP contribution in [0.4, 0.5) is 9.18 Å². The van der Waals surface area contributed by atoms with Gasteiger partial charge < -0.3 is 14.8 Å². The molecule has 1 atom stereocenters. The molecule has 2 aromatic rings. The zero-order valence-corrected chi connectivity index (χ0v) is 14.3. The summed E-state index contributed by atoms with van der Waals surface area (Å²) in [6.07, 6.45) is 7.68. The molecule has 132 valence electrons. The molecule has 1 aromatic carbocycles. The lowest BCUT2D eigenvalue weighted by atomic mass is 9.95. The number of amides is 2. The first-order valence-corrected chi connectivity index (χ1v) is 9.20. The molecule has 0 bridgehead atoms. The summed E-state index contributed by atoms with van der Waals surface area (Å²) in [5, 5.41) is 3.19. The molecule has 4 rings (SSSR count). The van der Waals surface area contributed by atoms with Crippen molar-refractivity contribution in [3.63, 3.8) is 0 Å². The van der Waals surface area contributed by atoms with Gasteiger partial charge in [-0.1, -0.05) is 37.5 Å². The Balaban J connectivity index is 1.64. The van der Waals surface area contributed by atoms with Gasteiger partial charge >= 0.3 is 6.03 Å². The van der Waals surface area contributed by atoms with Gasteiger partial charge in [-0.2, -0.15) is 0 Å². The second-order valence-corrected chi connectivity index (χ2v) is 7.03. The van der Waals surface area contributed by atoms with E-state index in [1.165, 1.54) is 25.3 Å². The molecule has 1 aliphatic carbocycles. The number of halogens is 1. The molecule has 1 fully saturated rings. The minimum Gasteiger partial charge on any atom is -0.348 e. The monoisotopic (exact) mass is 341 g/mol. The van der Waals surface area contributed by atoms with Crippen LogP contribution in [0.25, 0.3) is 0 Å². The first kappa shape index (κ1) is 16.2. The Labute approximate surface area is 147 Å². The maximum atomic E-state index is 14.5. The summed E-state index contributed by atoms with van der Waals surface area (Å²) in [7, 11) is 0. The van der Waals surface area contributed by atoms with Gasteiger partial charge in [0.15, 0.2) is 0 Å². The number of carbonyl (C=O) groups is 1. The lowest BCUT2D eigenvalue weighted by Crippen LogP contribution is -2.50. The van der Waals surface area contributed by atoms with Crippen molar-refractivity contribution in [1.29, 1.82) is 0 Å². The molecule has 1 N–H and O–H groups in total. The number of aromatic nitrogens is 1. The molecule has 4 nitrogen and oxygen atoms in total. The lowest BCUT2D eigenvalue weighted by Gasteiger charge is -2.38. The highest BCUT2D eigenvalue weighted by Gasteiger charge is 2.34. The van der Waals surface area contributed by atoms with Gasteiger partial charge in [0, 0.05) is 36.6 Å². The number of benzene rings is 1. The van der Waals surface area contributed by atoms with E-state index in [1.807, 2.05) is 24.4 Å². The Hall–Kier alpha value is -2.30. The number of hydrogen-bond donors (Lipinski definition) is 1. The summed E-state index contributed by atoms with van der Waals surface area (Å²) in [5.41, 5.74) is 1.52. The number of nitrogens with one attached hydrogen (secondary N) is 1. The molecule has 0 spiro atoms. The van der Waals surface area contributed by atoms with E-state index >= 15 is 0 Å². The summed E-state index contributed by atoms with van der Waals surface area (Å²) in [5.74, 6) is -0.266. The fourth-order valence-electron chi connectivity index (χ4n) is 4.13. The summed E-state index contributed by atoms with van der Waals surface area (Å²) in [4.78, 5) is 14.8. The van der Waals surface area contributed by atoms with E-state index < -0.39 is 0 Å². The quantitative estimate of drug-likeness (QED) is 0.878. The van der Waals surface area contributed by atoms with Crippen molar-refractivity contribution in [2.45, 2.75) is 50.7 Å². The maximum absolute atomic E-state index is 14.5. The Kier molecular flexibility index (Phi) is 4.47. The second-order valence-electron chi connectivity index (χ2n) is 7.03. The number of rotatable bonds is 2. The molecule has 25 heavy (non-hydrogen) atoms. The highest BCUT2D eigenvalue weighted by Crippen LogP contribution is 2.34. The molecule has 1 saturated carbocycles. The van der Waals surface area contributed by atoms with Gasteiger partial charge in [0.05, 0.1) is 0 Å². The van der Waals surface area contributed by atoms with Gasteiger partial charge in [-0.15, -0.1) is 0 Å². The van der Waals surface area contributed by atoms with E-state index in [0.717, 1.165) is 25.1 Å². The van der Waals surface area contributed by atoms with Crippen molar-refractivity contribution in [3.8, 4) is 0 Å². The van der Waals surface area contributed by atoms with E-state index in [0.29, 0.717) is 12.1 Å². The van der Waals surface area contributed by atoms with E-state index in [1.54, 1.807) is 17.0 Å². The van der Waals surface area contributed by atoms with E-state index in [4.69, 9.17) is 0 Å². The number of urea groups is 1. The minimum atomic E-state index is -0.381. The van der Waals surface area contributed by atoms with Crippen LogP contribution in [0.5, 0.6) is 0 Å². The van der Waals surface area contributed by atoms with Crippen molar-refractivity contribution in [2.24, 2.45) is 0 Å². The van der Waals surface area contributed by atoms with Crippen molar-refractivity contribution in [3.05, 3.63) is 59.7 Å². The highest BCUT2D eigenvalue weighted by molar-refractivity contribution is 5.76. The van der Waals surface area contributed by atoms with Gasteiger partial charge in [0.2, 0.25) is 0 Å². The molecule has 2 amide bonds. The van der Waals surface area contributed by atoms with Gasteiger partial charge in [-0.05, 0) is 31.0 Å². The standard InChI is InChI=1S/C20H24FN3O/c21-17-10-5-4-9-16(17)19-18-11-6-12-23(18)13-14-24(19)20(25)22-15-7-2-1-3-8-15/h4-6,9-12,15,19H,1-3,7-8,13-14H2,(H,22,25). The molecule has 1 aliphatic heterocycles. The van der Waals surface area contributed by atoms with Crippen LogP contribution in [0.1, 0.15) is 49.4 Å². The lowest BCUT2D eigenvalue weighted by molar-refractivity contribution is 0.161. The fraction of sp³-hybridized carbons (Fsp3) is 0.450. The first-order chi connectivity index (χ1) is 12.2. The zero-order valence-electron chi connectivity index (χ0n) is 14.3. The third kappa shape index (κ3) is 3.15. The van der Waals surface area contributed by atoms with Crippen LogP contribution in [-0.2, 0) is 6.54 Å². The van der Waals surface area contributed by atoms with E-state index in [9.17, 15) is 9.18 Å². The van der Waals surface area contributed by atoms with Gasteiger partial charge in [-0.3, -0.25) is 0 Å². The average molecular weight is 341 g/mol. The molecule has 0 radical (unpaired) electrons. The van der Waals surface area contributed by atoms with Gasteiger partial charge in [0.25, 0.3) is 0 Å². The summed E-state index contributed by atoms with van der Waals surface area (Å²) >= 11 is 0. The first-order valence-electron chi connectivity index (χ1n) is 9.20. The smallest absolute Gasteiger partial charge is 0.318 e. The van der Waals surface area contributed by atoms with Crippen LogP contribution in [-0.4, -0.2) is 28.1 Å². The minimum absolute atomic E-state index is 0.0763. The zero-order chi connectivity index (χ0) is 17.2. The average Bonchev–Trinajstić information content (AvgIpc) is 3.11. The largest absolute Gasteiger partial charge is 0.348 e. The van der Waals surface area contributed by atoms with Crippen LogP contribution in [0.2, 0.25) is 0 Å². The van der Waals surface area contributed by atoms with Crippen molar-refractivity contribution in [2.75, 3.05) is 6.54 Å². The molecule has 2 heterocycles. The molecular formula is C20H24FN3O. The molecule has 0 saturated heterocycles. The highest BCUT2D eigenvalue weighted by atomic mass is 19.1. The Morgan fingerprint density at radius 3 is 2.64 bits per heavy atom. The maximum Gasteiger partial charge on any atom is 0.318 e. The Morgan fingerprint density at radius 1 is 1.04 bits per heavy atom. The van der Waals surface area contributed by atoms with Crippen LogP contribution in [0.15, 0.2) is 42.6 Å². The number of nitrogens with zero attached hydrogens (tertiary/aromatic N) is 2. The third-order valence-electron chi connectivity index (χ3n) is 5.43. The summed E-state index contributed by atoms with van der Waals surface area (Å²) in [6, 6.07) is 10.5. The Bertz CT molecular complexity index is 751. The predicted molar refractivity (Wildman–Crippen MR) is 94.8 cm³/mol. The van der Waals surface area contributed by atoms with Crippen LogP contribution in [0, 0.1) is 5.82 Å². The van der Waals surface area contributed by atoms with Crippen molar-refractivity contribution < 1.29 is 9.18 Å². The van der Waals surface area contributed by atoms with Crippen LogP contribution >= 0.6 is 0 Å². The SMILES string of the molecule is O=C(NC1CCCCC1)N1CCn2cccc2C1c1ccccc1F. The molecule has 5 heteroatoms. The van der Waals surface area contributed by atoms with Gasteiger partial charge in [-0.25, -0.2) is 9.18 Å². The number of fused-ring (bicyclic) bond motifs is 1. The van der Waals surface area contributed by atoms with E-state index in [-0.39, 0.29) is 23.9 Å². The molecule has 1 unspecified atom stereocenters. The summed E-state index contributed by atoms with van der Waals surface area (Å²) < 4.78 is 16.6. The fourth-order valence-corrected chi connectivity index (χ4v) is 4.13. The number of hydrogen-bond acceptors (Lipinski definition) is 1. The topological polar surface area (TPSA) is 37.3 Å². The van der Waals surface area contributed by atoms with Crippen molar-refractivity contribution in [1.82, 2.24) is 14.8 Å². The van der Waals surface area contributed by atoms with Gasteiger partial charge in [0.1, 0.15) is 11.9 Å². The number of carbonyl (C=O) groups excluding carboxylic acids is 1. The third-order valence-corrected chi connectivity index (χ3v) is 5.43. The molecule has 2 aliphatic rings. The van der Waals surface area contributed by atoms with Crippen LogP contribution in [0.3, 0.4) is 0 Å². The molecular weight excluding hydrogens is 317 g/mol. The van der Waals surface area contributed by atoms with Crippen molar-refractivity contribution >= 4 is 6.03 Å².